The minimum atomic E-state index is -0.512. The molecule has 0 heterocycles. The zero-order valence-corrected chi connectivity index (χ0v) is 7.47. The summed E-state index contributed by atoms with van der Waals surface area (Å²) >= 11 is 0. The summed E-state index contributed by atoms with van der Waals surface area (Å²) in [6.07, 6.45) is 3.95. The third-order valence-electron chi connectivity index (χ3n) is 3.12. The summed E-state index contributed by atoms with van der Waals surface area (Å²) in [6.45, 7) is 2.15. The van der Waals surface area contributed by atoms with Crippen LogP contribution < -0.4 is 11.1 Å². The van der Waals surface area contributed by atoms with Crippen LogP contribution in [0.15, 0.2) is 0 Å². The molecule has 0 aliphatic heterocycles. The summed E-state index contributed by atoms with van der Waals surface area (Å²) in [6, 6.07) is 0.415. The molecule has 0 spiro atoms. The number of amides is 1. The molecule has 0 aromatic heterocycles. The standard InChI is InChI=1S/C9H16N2O/c1-6-5-7(6)11-8(12)9(10)3-2-4-9/h6-7H,2-5,10H2,1H3,(H,11,12). The van der Waals surface area contributed by atoms with Crippen molar-refractivity contribution >= 4 is 5.91 Å². The third-order valence-corrected chi connectivity index (χ3v) is 3.12. The Bertz CT molecular complexity index is 211. The fourth-order valence-electron chi connectivity index (χ4n) is 1.62. The monoisotopic (exact) mass is 168 g/mol. The molecule has 2 aliphatic rings. The highest BCUT2D eigenvalue weighted by molar-refractivity contribution is 5.87. The molecule has 2 aliphatic carbocycles. The minimum Gasteiger partial charge on any atom is -0.351 e. The SMILES string of the molecule is CC1CC1NC(=O)C1(N)CCC1. The maximum Gasteiger partial charge on any atom is 0.240 e. The molecule has 12 heavy (non-hydrogen) atoms. The Kier molecular flexibility index (Phi) is 1.65. The van der Waals surface area contributed by atoms with Gasteiger partial charge in [0.2, 0.25) is 5.91 Å². The van der Waals surface area contributed by atoms with Crippen molar-refractivity contribution in [3.63, 3.8) is 0 Å². The van der Waals surface area contributed by atoms with Gasteiger partial charge in [0.15, 0.2) is 0 Å². The molecule has 2 rings (SSSR count). The number of rotatable bonds is 2. The quantitative estimate of drug-likeness (QED) is 0.626. The molecule has 3 nitrogen and oxygen atoms in total. The van der Waals surface area contributed by atoms with Crippen LogP contribution in [-0.2, 0) is 4.79 Å². The van der Waals surface area contributed by atoms with Crippen LogP contribution in [0.25, 0.3) is 0 Å². The van der Waals surface area contributed by atoms with Gasteiger partial charge in [0.25, 0.3) is 0 Å². The van der Waals surface area contributed by atoms with Gasteiger partial charge in [-0.05, 0) is 31.6 Å². The topological polar surface area (TPSA) is 55.1 Å². The highest BCUT2D eigenvalue weighted by Crippen LogP contribution is 2.33. The van der Waals surface area contributed by atoms with Crippen molar-refractivity contribution in [1.29, 1.82) is 0 Å². The number of hydrogen-bond donors (Lipinski definition) is 2. The fourth-order valence-corrected chi connectivity index (χ4v) is 1.62. The fraction of sp³-hybridized carbons (Fsp3) is 0.889. The van der Waals surface area contributed by atoms with Crippen molar-refractivity contribution < 1.29 is 4.79 Å². The van der Waals surface area contributed by atoms with Crippen LogP contribution in [0.1, 0.15) is 32.6 Å². The van der Waals surface area contributed by atoms with Gasteiger partial charge in [-0.3, -0.25) is 4.79 Å². The Hall–Kier alpha value is -0.570. The van der Waals surface area contributed by atoms with Crippen LogP contribution in [0.5, 0.6) is 0 Å². The van der Waals surface area contributed by atoms with E-state index in [0.717, 1.165) is 25.7 Å². The summed E-state index contributed by atoms with van der Waals surface area (Å²) in [5.41, 5.74) is 5.34. The van der Waals surface area contributed by atoms with Crippen LogP contribution in [0, 0.1) is 5.92 Å². The van der Waals surface area contributed by atoms with E-state index in [4.69, 9.17) is 5.73 Å². The van der Waals surface area contributed by atoms with E-state index in [-0.39, 0.29) is 5.91 Å². The van der Waals surface area contributed by atoms with E-state index in [0.29, 0.717) is 12.0 Å². The first kappa shape index (κ1) is 8.05. The van der Waals surface area contributed by atoms with Crippen LogP contribution in [0.2, 0.25) is 0 Å². The van der Waals surface area contributed by atoms with Gasteiger partial charge in [0, 0.05) is 6.04 Å². The van der Waals surface area contributed by atoms with Crippen LogP contribution >= 0.6 is 0 Å². The summed E-state index contributed by atoms with van der Waals surface area (Å²) in [5, 5.41) is 2.98. The number of carbonyl (C=O) groups excluding carboxylic acids is 1. The van der Waals surface area contributed by atoms with E-state index >= 15 is 0 Å². The van der Waals surface area contributed by atoms with Crippen molar-refractivity contribution in [2.75, 3.05) is 0 Å². The van der Waals surface area contributed by atoms with Gasteiger partial charge in [0.1, 0.15) is 0 Å². The van der Waals surface area contributed by atoms with Crippen molar-refractivity contribution in [3.05, 3.63) is 0 Å². The van der Waals surface area contributed by atoms with Crippen LogP contribution in [0.4, 0.5) is 0 Å². The van der Waals surface area contributed by atoms with E-state index in [1.807, 2.05) is 0 Å². The smallest absolute Gasteiger partial charge is 0.240 e. The lowest BCUT2D eigenvalue weighted by molar-refractivity contribution is -0.129. The molecule has 2 unspecified atom stereocenters. The summed E-state index contributed by atoms with van der Waals surface area (Å²) in [4.78, 5) is 11.5. The van der Waals surface area contributed by atoms with Crippen LogP contribution in [-0.4, -0.2) is 17.5 Å². The third kappa shape index (κ3) is 1.22. The maximum atomic E-state index is 11.5. The summed E-state index contributed by atoms with van der Waals surface area (Å²) < 4.78 is 0. The number of hydrogen-bond acceptors (Lipinski definition) is 2. The van der Waals surface area contributed by atoms with Gasteiger partial charge in [0.05, 0.1) is 5.54 Å². The summed E-state index contributed by atoms with van der Waals surface area (Å²) in [5.74, 6) is 0.737. The molecule has 0 aromatic carbocycles. The Morgan fingerprint density at radius 2 is 2.17 bits per heavy atom. The van der Waals surface area contributed by atoms with Gasteiger partial charge >= 0.3 is 0 Å². The molecule has 0 saturated heterocycles. The number of carbonyl (C=O) groups is 1. The normalized spacial score (nSPS) is 36.8. The van der Waals surface area contributed by atoms with Crippen molar-refractivity contribution in [3.8, 4) is 0 Å². The van der Waals surface area contributed by atoms with E-state index in [1.54, 1.807) is 0 Å². The zero-order valence-electron chi connectivity index (χ0n) is 7.47. The molecule has 68 valence electrons. The molecule has 2 atom stereocenters. The predicted molar refractivity (Wildman–Crippen MR) is 46.5 cm³/mol. The van der Waals surface area contributed by atoms with E-state index < -0.39 is 5.54 Å². The van der Waals surface area contributed by atoms with Gasteiger partial charge in [-0.1, -0.05) is 6.92 Å². The average molecular weight is 168 g/mol. The molecular weight excluding hydrogens is 152 g/mol. The molecule has 1 amide bonds. The van der Waals surface area contributed by atoms with E-state index in [9.17, 15) is 4.79 Å². The highest BCUT2D eigenvalue weighted by Gasteiger charge is 2.43. The lowest BCUT2D eigenvalue weighted by Gasteiger charge is -2.36. The second-order valence-electron chi connectivity index (χ2n) is 4.30. The molecule has 2 saturated carbocycles. The predicted octanol–water partition coefficient (Wildman–Crippen LogP) is 0.392. The zero-order chi connectivity index (χ0) is 8.77. The Morgan fingerprint density at radius 3 is 2.50 bits per heavy atom. The lowest BCUT2D eigenvalue weighted by Crippen LogP contribution is -2.59. The molecule has 3 heteroatoms. The number of nitrogens with two attached hydrogens (primary N) is 1. The van der Waals surface area contributed by atoms with Gasteiger partial charge in [-0.15, -0.1) is 0 Å². The molecule has 2 fully saturated rings. The van der Waals surface area contributed by atoms with E-state index in [2.05, 4.69) is 12.2 Å². The van der Waals surface area contributed by atoms with Crippen molar-refractivity contribution in [1.82, 2.24) is 5.32 Å². The minimum absolute atomic E-state index is 0.0723. The number of nitrogens with one attached hydrogen (secondary N) is 1. The van der Waals surface area contributed by atoms with Gasteiger partial charge < -0.3 is 11.1 Å². The van der Waals surface area contributed by atoms with Gasteiger partial charge in [-0.25, -0.2) is 0 Å². The molecule has 0 radical (unpaired) electrons. The highest BCUT2D eigenvalue weighted by atomic mass is 16.2. The Labute approximate surface area is 72.7 Å². The molecule has 0 aromatic rings. The lowest BCUT2D eigenvalue weighted by atomic mass is 9.77. The average Bonchev–Trinajstić information content (AvgIpc) is 2.61. The van der Waals surface area contributed by atoms with Gasteiger partial charge in [-0.2, -0.15) is 0 Å². The van der Waals surface area contributed by atoms with Crippen LogP contribution in [0.3, 0.4) is 0 Å². The first-order valence-electron chi connectivity index (χ1n) is 4.72. The second-order valence-corrected chi connectivity index (χ2v) is 4.30. The largest absolute Gasteiger partial charge is 0.351 e. The first-order chi connectivity index (χ1) is 5.62. The first-order valence-corrected chi connectivity index (χ1v) is 4.72. The van der Waals surface area contributed by atoms with Crippen molar-refractivity contribution in [2.24, 2.45) is 11.7 Å². The van der Waals surface area contributed by atoms with E-state index in [1.165, 1.54) is 0 Å². The maximum absolute atomic E-state index is 11.5. The molecule has 3 N–H and O–H groups in total. The second kappa shape index (κ2) is 2.46. The molecular formula is C9H16N2O. The van der Waals surface area contributed by atoms with Crippen molar-refractivity contribution in [2.45, 2.75) is 44.2 Å². The Morgan fingerprint density at radius 1 is 1.58 bits per heavy atom. The summed E-state index contributed by atoms with van der Waals surface area (Å²) in [7, 11) is 0. The Balaban J connectivity index is 1.84. The molecule has 0 bridgehead atoms.